The van der Waals surface area contributed by atoms with E-state index in [0.717, 1.165) is 5.56 Å². The zero-order valence-corrected chi connectivity index (χ0v) is 13.7. The van der Waals surface area contributed by atoms with Crippen molar-refractivity contribution in [2.45, 2.75) is 51.7 Å². The molecule has 1 aromatic rings. The summed E-state index contributed by atoms with van der Waals surface area (Å²) in [6.45, 7) is 6.01. The van der Waals surface area contributed by atoms with Crippen molar-refractivity contribution in [3.8, 4) is 0 Å². The van der Waals surface area contributed by atoms with Gasteiger partial charge in [0.2, 0.25) is 0 Å². The van der Waals surface area contributed by atoms with Crippen LogP contribution in [-0.2, 0) is 6.42 Å². The summed E-state index contributed by atoms with van der Waals surface area (Å²) >= 11 is 5.94. The van der Waals surface area contributed by atoms with Crippen LogP contribution in [0.4, 0.5) is 4.79 Å². The normalized spacial score (nSPS) is 12.8. The average molecular weight is 313 g/mol. The molecule has 1 aromatic carbocycles. The quantitative estimate of drug-likeness (QED) is 0.724. The molecule has 118 valence electrons. The first-order chi connectivity index (χ1) is 9.88. The summed E-state index contributed by atoms with van der Waals surface area (Å²) in [4.78, 5) is 11.8. The number of carbonyl (C=O) groups excluding carboxylic acids is 1. The van der Waals surface area contributed by atoms with E-state index in [9.17, 15) is 9.90 Å². The van der Waals surface area contributed by atoms with Crippen molar-refractivity contribution in [1.29, 1.82) is 0 Å². The number of hydrogen-bond donors (Lipinski definition) is 3. The lowest BCUT2D eigenvalue weighted by Crippen LogP contribution is -2.48. The number of urea groups is 1. The van der Waals surface area contributed by atoms with Crippen molar-refractivity contribution in [3.05, 3.63) is 34.9 Å². The number of benzene rings is 1. The molecule has 0 aromatic heterocycles. The minimum absolute atomic E-state index is 0.0141. The molecule has 0 heterocycles. The minimum Gasteiger partial charge on any atom is -0.388 e. The van der Waals surface area contributed by atoms with E-state index in [2.05, 4.69) is 10.6 Å². The highest BCUT2D eigenvalue weighted by Crippen LogP contribution is 2.13. The van der Waals surface area contributed by atoms with Gasteiger partial charge in [0.25, 0.3) is 0 Å². The molecule has 1 atom stereocenters. The summed E-state index contributed by atoms with van der Waals surface area (Å²) in [5, 5.41) is 16.4. The van der Waals surface area contributed by atoms with E-state index in [1.807, 2.05) is 45.0 Å². The molecule has 0 fully saturated rings. The number of aliphatic hydroxyl groups is 1. The molecular formula is C16H25ClN2O2. The predicted molar refractivity (Wildman–Crippen MR) is 86.7 cm³/mol. The third kappa shape index (κ3) is 6.36. The van der Waals surface area contributed by atoms with Crippen LogP contribution in [0.2, 0.25) is 5.02 Å². The van der Waals surface area contributed by atoms with Gasteiger partial charge in [-0.3, -0.25) is 0 Å². The van der Waals surface area contributed by atoms with Gasteiger partial charge in [-0.1, -0.05) is 37.6 Å². The van der Waals surface area contributed by atoms with Gasteiger partial charge in [-0.25, -0.2) is 4.79 Å². The summed E-state index contributed by atoms with van der Waals surface area (Å²) in [6, 6.07) is 7.32. The van der Waals surface area contributed by atoms with Gasteiger partial charge in [0, 0.05) is 17.6 Å². The standard InChI is InChI=1S/C16H25ClN2O2/c1-4-16(21,5-2)11-18-15(20)19-12(3)9-13-7-6-8-14(17)10-13/h6-8,10,12,21H,4-5,9,11H2,1-3H3,(H2,18,19,20)/t12-/m1/s1. The fraction of sp³-hybridized carbons (Fsp3) is 0.562. The topological polar surface area (TPSA) is 61.4 Å². The summed E-state index contributed by atoms with van der Waals surface area (Å²) in [5.74, 6) is 0. The van der Waals surface area contributed by atoms with Gasteiger partial charge in [0.1, 0.15) is 0 Å². The fourth-order valence-corrected chi connectivity index (χ4v) is 2.30. The lowest BCUT2D eigenvalue weighted by atomic mass is 9.98. The monoisotopic (exact) mass is 312 g/mol. The van der Waals surface area contributed by atoms with Crippen LogP contribution in [0.15, 0.2) is 24.3 Å². The SMILES string of the molecule is CCC(O)(CC)CNC(=O)N[C@H](C)Cc1cccc(Cl)c1. The Hall–Kier alpha value is -1.26. The number of halogens is 1. The van der Waals surface area contributed by atoms with Crippen LogP contribution >= 0.6 is 11.6 Å². The molecule has 0 aliphatic heterocycles. The molecule has 1 rings (SSSR count). The van der Waals surface area contributed by atoms with E-state index < -0.39 is 5.60 Å². The molecular weight excluding hydrogens is 288 g/mol. The molecule has 0 saturated carbocycles. The molecule has 0 bridgehead atoms. The first-order valence-electron chi connectivity index (χ1n) is 7.39. The number of carbonyl (C=O) groups is 1. The molecule has 0 aliphatic carbocycles. The van der Waals surface area contributed by atoms with Gasteiger partial charge in [-0.05, 0) is 43.9 Å². The van der Waals surface area contributed by atoms with Gasteiger partial charge in [-0.2, -0.15) is 0 Å². The zero-order valence-electron chi connectivity index (χ0n) is 12.9. The zero-order chi connectivity index (χ0) is 15.9. The second-order valence-electron chi connectivity index (χ2n) is 5.49. The van der Waals surface area contributed by atoms with Crippen LogP contribution in [0.25, 0.3) is 0 Å². The second-order valence-corrected chi connectivity index (χ2v) is 5.93. The van der Waals surface area contributed by atoms with Gasteiger partial charge in [0.15, 0.2) is 0 Å². The highest BCUT2D eigenvalue weighted by atomic mass is 35.5. The van der Waals surface area contributed by atoms with Crippen molar-refractivity contribution in [1.82, 2.24) is 10.6 Å². The maximum Gasteiger partial charge on any atom is 0.315 e. The summed E-state index contributed by atoms with van der Waals surface area (Å²) in [6.07, 6.45) is 1.93. The molecule has 2 amide bonds. The van der Waals surface area contributed by atoms with Crippen LogP contribution in [-0.4, -0.2) is 29.3 Å². The molecule has 0 unspecified atom stereocenters. The third-order valence-corrected chi connectivity index (χ3v) is 3.94. The fourth-order valence-electron chi connectivity index (χ4n) is 2.09. The lowest BCUT2D eigenvalue weighted by molar-refractivity contribution is 0.0349. The molecule has 5 heteroatoms. The van der Waals surface area contributed by atoms with Crippen molar-refractivity contribution in [2.75, 3.05) is 6.54 Å². The Morgan fingerprint density at radius 3 is 2.62 bits per heavy atom. The summed E-state index contributed by atoms with van der Waals surface area (Å²) in [5.41, 5.74) is 0.252. The summed E-state index contributed by atoms with van der Waals surface area (Å²) in [7, 11) is 0. The average Bonchev–Trinajstić information content (AvgIpc) is 2.44. The second kappa shape index (κ2) is 8.25. The van der Waals surface area contributed by atoms with Gasteiger partial charge in [0.05, 0.1) is 5.60 Å². The van der Waals surface area contributed by atoms with E-state index in [1.165, 1.54) is 0 Å². The maximum atomic E-state index is 11.8. The van der Waals surface area contributed by atoms with E-state index in [1.54, 1.807) is 0 Å². The molecule has 0 saturated heterocycles. The van der Waals surface area contributed by atoms with E-state index >= 15 is 0 Å². The number of nitrogens with one attached hydrogen (secondary N) is 2. The largest absolute Gasteiger partial charge is 0.388 e. The van der Waals surface area contributed by atoms with Crippen LogP contribution < -0.4 is 10.6 Å². The molecule has 0 spiro atoms. The Bertz CT molecular complexity index is 461. The van der Waals surface area contributed by atoms with E-state index in [-0.39, 0.29) is 18.6 Å². The van der Waals surface area contributed by atoms with Gasteiger partial charge < -0.3 is 15.7 Å². The van der Waals surface area contributed by atoms with Crippen LogP contribution in [0.5, 0.6) is 0 Å². The molecule has 0 radical (unpaired) electrons. The molecule has 4 nitrogen and oxygen atoms in total. The molecule has 0 aliphatic rings. The first-order valence-corrected chi connectivity index (χ1v) is 7.77. The van der Waals surface area contributed by atoms with Crippen LogP contribution in [0.1, 0.15) is 39.2 Å². The Kier molecular flexibility index (Phi) is 6.99. The summed E-state index contributed by atoms with van der Waals surface area (Å²) < 4.78 is 0. The Balaban J connectivity index is 2.40. The predicted octanol–water partition coefficient (Wildman–Crippen LogP) is 3.12. The smallest absolute Gasteiger partial charge is 0.315 e. The Morgan fingerprint density at radius 2 is 2.05 bits per heavy atom. The van der Waals surface area contributed by atoms with E-state index in [4.69, 9.17) is 11.6 Å². The van der Waals surface area contributed by atoms with Crippen LogP contribution in [0, 0.1) is 0 Å². The third-order valence-electron chi connectivity index (χ3n) is 3.70. The lowest BCUT2D eigenvalue weighted by Gasteiger charge is -2.26. The molecule has 3 N–H and O–H groups in total. The minimum atomic E-state index is -0.826. The number of amides is 2. The van der Waals surface area contributed by atoms with E-state index in [0.29, 0.717) is 24.3 Å². The Labute approximate surface area is 131 Å². The number of hydrogen-bond acceptors (Lipinski definition) is 2. The highest BCUT2D eigenvalue weighted by molar-refractivity contribution is 6.30. The van der Waals surface area contributed by atoms with Crippen molar-refractivity contribution in [3.63, 3.8) is 0 Å². The molecule has 21 heavy (non-hydrogen) atoms. The van der Waals surface area contributed by atoms with Crippen LogP contribution in [0.3, 0.4) is 0 Å². The van der Waals surface area contributed by atoms with Gasteiger partial charge in [-0.15, -0.1) is 0 Å². The maximum absolute atomic E-state index is 11.8. The number of rotatable bonds is 7. The highest BCUT2D eigenvalue weighted by Gasteiger charge is 2.22. The first kappa shape index (κ1) is 17.8. The van der Waals surface area contributed by atoms with Crippen molar-refractivity contribution < 1.29 is 9.90 Å². The Morgan fingerprint density at radius 1 is 1.38 bits per heavy atom. The van der Waals surface area contributed by atoms with Gasteiger partial charge >= 0.3 is 6.03 Å². The van der Waals surface area contributed by atoms with Crippen molar-refractivity contribution >= 4 is 17.6 Å². The van der Waals surface area contributed by atoms with Crippen molar-refractivity contribution in [2.24, 2.45) is 0 Å².